The number of amides is 1. The van der Waals surface area contributed by atoms with Crippen molar-refractivity contribution in [2.75, 3.05) is 5.32 Å². The summed E-state index contributed by atoms with van der Waals surface area (Å²) in [5.41, 5.74) is 3.18. The van der Waals surface area contributed by atoms with Crippen LogP contribution in [0.25, 0.3) is 34.0 Å². The van der Waals surface area contributed by atoms with E-state index in [2.05, 4.69) is 25.5 Å². The van der Waals surface area contributed by atoms with Gasteiger partial charge in [-0.2, -0.15) is 5.10 Å². The molecule has 8 heteroatoms. The van der Waals surface area contributed by atoms with Gasteiger partial charge in [-0.1, -0.05) is 23.7 Å². The van der Waals surface area contributed by atoms with Crippen LogP contribution in [0.4, 0.5) is 5.82 Å². The monoisotopic (exact) mass is 393 g/mol. The number of aryl methyl sites for hydroxylation is 1. The Hall–Kier alpha value is -3.45. The fraction of sp³-hybridized carbons (Fsp3) is 0.100. The van der Waals surface area contributed by atoms with Crippen LogP contribution in [-0.2, 0) is 4.79 Å². The Balaban J connectivity index is 1.90. The number of nitrogens with one attached hydrogen (secondary N) is 2. The molecule has 0 atom stereocenters. The van der Waals surface area contributed by atoms with E-state index in [-0.39, 0.29) is 5.91 Å². The number of hydrogen-bond acceptors (Lipinski definition) is 5. The molecule has 0 aliphatic heterocycles. The van der Waals surface area contributed by atoms with E-state index in [4.69, 9.17) is 16.0 Å². The van der Waals surface area contributed by atoms with Gasteiger partial charge in [-0.3, -0.25) is 9.89 Å². The standard InChI is InChI=1S/C20H16ClN5O2/c1-11-9-22-18(25-12(2)27)8-14(11)17-7-15(20-23-10-24-26-20)19(28-17)13-5-3-4-6-16(13)21/h3-10H,1-2H3,(H,22,25,27)(H,23,24,26). The number of hydrogen-bond donors (Lipinski definition) is 2. The average Bonchev–Trinajstić information content (AvgIpc) is 3.32. The summed E-state index contributed by atoms with van der Waals surface area (Å²) >= 11 is 6.40. The lowest BCUT2D eigenvalue weighted by Gasteiger charge is -2.06. The zero-order valence-corrected chi connectivity index (χ0v) is 15.9. The molecule has 4 aromatic rings. The molecule has 0 aliphatic carbocycles. The van der Waals surface area contributed by atoms with Gasteiger partial charge < -0.3 is 9.73 Å². The van der Waals surface area contributed by atoms with Gasteiger partial charge in [0.05, 0.1) is 10.6 Å². The van der Waals surface area contributed by atoms with Crippen molar-refractivity contribution in [3.8, 4) is 34.0 Å². The van der Waals surface area contributed by atoms with Gasteiger partial charge in [0.15, 0.2) is 5.82 Å². The molecule has 4 rings (SSSR count). The van der Waals surface area contributed by atoms with Crippen molar-refractivity contribution in [2.45, 2.75) is 13.8 Å². The first-order valence-electron chi connectivity index (χ1n) is 8.52. The number of nitrogens with zero attached hydrogens (tertiary/aromatic N) is 3. The smallest absolute Gasteiger partial charge is 0.222 e. The van der Waals surface area contributed by atoms with Crippen LogP contribution in [0.1, 0.15) is 12.5 Å². The molecule has 2 N–H and O–H groups in total. The minimum absolute atomic E-state index is 0.194. The van der Waals surface area contributed by atoms with E-state index < -0.39 is 0 Å². The lowest BCUT2D eigenvalue weighted by molar-refractivity contribution is -0.114. The minimum Gasteiger partial charge on any atom is -0.455 e. The molecular weight excluding hydrogens is 378 g/mol. The minimum atomic E-state index is -0.194. The van der Waals surface area contributed by atoms with Crippen molar-refractivity contribution >= 4 is 23.3 Å². The second-order valence-corrected chi connectivity index (χ2v) is 6.64. The second kappa shape index (κ2) is 7.28. The number of furan rings is 1. The number of rotatable bonds is 4. The quantitative estimate of drug-likeness (QED) is 0.523. The van der Waals surface area contributed by atoms with E-state index in [9.17, 15) is 4.79 Å². The van der Waals surface area contributed by atoms with E-state index >= 15 is 0 Å². The SMILES string of the molecule is CC(=O)Nc1cc(-c2cc(-c3ncn[nH]3)c(-c3ccccc3Cl)o2)c(C)cn1. The fourth-order valence-electron chi connectivity index (χ4n) is 2.92. The Morgan fingerprint density at radius 2 is 1.96 bits per heavy atom. The highest BCUT2D eigenvalue weighted by molar-refractivity contribution is 6.33. The van der Waals surface area contributed by atoms with Crippen molar-refractivity contribution < 1.29 is 9.21 Å². The number of H-pyrrole nitrogens is 1. The first kappa shape index (κ1) is 17.9. The van der Waals surface area contributed by atoms with Gasteiger partial charge in [0.2, 0.25) is 5.91 Å². The van der Waals surface area contributed by atoms with Crippen LogP contribution in [0.5, 0.6) is 0 Å². The van der Waals surface area contributed by atoms with Crippen LogP contribution < -0.4 is 5.32 Å². The highest BCUT2D eigenvalue weighted by Gasteiger charge is 2.21. The molecule has 1 amide bonds. The molecule has 0 saturated heterocycles. The summed E-state index contributed by atoms with van der Waals surface area (Å²) in [5.74, 6) is 2.01. The van der Waals surface area contributed by atoms with Crippen molar-refractivity contribution in [2.24, 2.45) is 0 Å². The Bertz CT molecular complexity index is 1150. The first-order chi connectivity index (χ1) is 13.5. The van der Waals surface area contributed by atoms with Gasteiger partial charge in [0.1, 0.15) is 23.7 Å². The molecule has 0 bridgehead atoms. The van der Waals surface area contributed by atoms with E-state index in [0.29, 0.717) is 28.2 Å². The molecule has 0 fully saturated rings. The predicted octanol–water partition coefficient (Wildman–Crippen LogP) is 4.71. The third-order valence-corrected chi connectivity index (χ3v) is 4.52. The number of pyridine rings is 1. The molecular formula is C20H16ClN5O2. The van der Waals surface area contributed by atoms with Gasteiger partial charge in [-0.15, -0.1) is 0 Å². The summed E-state index contributed by atoms with van der Waals surface area (Å²) in [6, 6.07) is 11.1. The molecule has 3 aromatic heterocycles. The summed E-state index contributed by atoms with van der Waals surface area (Å²) in [7, 11) is 0. The molecule has 3 heterocycles. The summed E-state index contributed by atoms with van der Waals surface area (Å²) in [4.78, 5) is 19.9. The number of carbonyl (C=O) groups excluding carboxylic acids is 1. The highest BCUT2D eigenvalue weighted by atomic mass is 35.5. The van der Waals surface area contributed by atoms with Crippen LogP contribution in [0, 0.1) is 6.92 Å². The van der Waals surface area contributed by atoms with Crippen LogP contribution in [-0.4, -0.2) is 26.1 Å². The van der Waals surface area contributed by atoms with E-state index in [1.165, 1.54) is 13.3 Å². The zero-order valence-electron chi connectivity index (χ0n) is 15.2. The maximum Gasteiger partial charge on any atom is 0.222 e. The van der Waals surface area contributed by atoms with Crippen LogP contribution in [0.2, 0.25) is 5.02 Å². The topological polar surface area (TPSA) is 96.7 Å². The normalized spacial score (nSPS) is 10.8. The number of halogens is 1. The van der Waals surface area contributed by atoms with Crippen molar-refractivity contribution in [3.05, 3.63) is 59.5 Å². The zero-order chi connectivity index (χ0) is 19.7. The Labute approximate surface area is 165 Å². The van der Waals surface area contributed by atoms with Crippen LogP contribution >= 0.6 is 11.6 Å². The molecule has 0 unspecified atom stereocenters. The first-order valence-corrected chi connectivity index (χ1v) is 8.90. The lowest BCUT2D eigenvalue weighted by atomic mass is 10.1. The van der Waals surface area contributed by atoms with E-state index in [1.54, 1.807) is 18.3 Å². The van der Waals surface area contributed by atoms with Crippen LogP contribution in [0.15, 0.2) is 53.3 Å². The average molecular weight is 394 g/mol. The van der Waals surface area contributed by atoms with Crippen LogP contribution in [0.3, 0.4) is 0 Å². The number of benzene rings is 1. The summed E-state index contributed by atoms with van der Waals surface area (Å²) in [5, 5.41) is 10.1. The highest BCUT2D eigenvalue weighted by Crippen LogP contribution is 2.40. The molecule has 7 nitrogen and oxygen atoms in total. The third kappa shape index (κ3) is 3.39. The molecule has 1 aromatic carbocycles. The Morgan fingerprint density at radius 1 is 1.14 bits per heavy atom. The molecule has 0 aliphatic rings. The number of aromatic amines is 1. The maximum atomic E-state index is 11.4. The van der Waals surface area contributed by atoms with Crippen molar-refractivity contribution in [1.29, 1.82) is 0 Å². The van der Waals surface area contributed by atoms with Crippen molar-refractivity contribution in [1.82, 2.24) is 20.2 Å². The van der Waals surface area contributed by atoms with Gasteiger partial charge in [0, 0.05) is 24.2 Å². The van der Waals surface area contributed by atoms with Gasteiger partial charge in [-0.25, -0.2) is 9.97 Å². The molecule has 0 spiro atoms. The summed E-state index contributed by atoms with van der Waals surface area (Å²) in [6.45, 7) is 3.36. The van der Waals surface area contributed by atoms with E-state index in [1.807, 2.05) is 31.2 Å². The summed E-state index contributed by atoms with van der Waals surface area (Å²) < 4.78 is 6.22. The molecule has 140 valence electrons. The maximum absolute atomic E-state index is 11.4. The van der Waals surface area contributed by atoms with Crippen molar-refractivity contribution in [3.63, 3.8) is 0 Å². The summed E-state index contributed by atoms with van der Waals surface area (Å²) in [6.07, 6.45) is 3.12. The second-order valence-electron chi connectivity index (χ2n) is 6.23. The van der Waals surface area contributed by atoms with Gasteiger partial charge in [0.25, 0.3) is 0 Å². The number of aromatic nitrogens is 4. The fourth-order valence-corrected chi connectivity index (χ4v) is 3.14. The predicted molar refractivity (Wildman–Crippen MR) is 107 cm³/mol. The molecule has 28 heavy (non-hydrogen) atoms. The number of anilines is 1. The van der Waals surface area contributed by atoms with Gasteiger partial charge >= 0.3 is 0 Å². The number of carbonyl (C=O) groups is 1. The lowest BCUT2D eigenvalue weighted by Crippen LogP contribution is -2.07. The Morgan fingerprint density at radius 3 is 2.68 bits per heavy atom. The van der Waals surface area contributed by atoms with E-state index in [0.717, 1.165) is 22.3 Å². The largest absolute Gasteiger partial charge is 0.455 e. The van der Waals surface area contributed by atoms with Gasteiger partial charge in [-0.05, 0) is 36.8 Å². The molecule has 0 radical (unpaired) electrons. The third-order valence-electron chi connectivity index (χ3n) is 4.19. The Kier molecular flexibility index (Phi) is 4.67. The molecule has 0 saturated carbocycles.